The molecule has 1 atom stereocenters. The van der Waals surface area contributed by atoms with Crippen LogP contribution < -0.4 is 19.1 Å². The number of sulfonamides is 1. The molecule has 0 bridgehead atoms. The smallest absolute Gasteiger partial charge is 0.264 e. The number of carbonyl (C=O) groups excluding carboxylic acids is 2. The van der Waals surface area contributed by atoms with E-state index in [-0.39, 0.29) is 34.7 Å². The first-order valence-electron chi connectivity index (χ1n) is 13.5. The van der Waals surface area contributed by atoms with E-state index in [1.807, 2.05) is 44.2 Å². The molecule has 3 rings (SSSR count). The number of nitrogens with zero attached hydrogens (tertiary/aromatic N) is 2. The zero-order valence-corrected chi connectivity index (χ0v) is 25.1. The van der Waals surface area contributed by atoms with Gasteiger partial charge in [-0.1, -0.05) is 56.3 Å². The molecule has 0 fully saturated rings. The summed E-state index contributed by atoms with van der Waals surface area (Å²) >= 11 is 0. The topological polar surface area (TPSA) is 105 Å². The molecule has 0 spiro atoms. The Kier molecular flexibility index (Phi) is 11.2. The highest BCUT2D eigenvalue weighted by Crippen LogP contribution is 2.33. The van der Waals surface area contributed by atoms with Crippen LogP contribution in [0, 0.1) is 5.92 Å². The normalized spacial score (nSPS) is 12.0. The maximum absolute atomic E-state index is 14.0. The molecule has 0 saturated heterocycles. The number of para-hydroxylation sites is 2. The third-order valence-corrected chi connectivity index (χ3v) is 8.39. The van der Waals surface area contributed by atoms with Crippen molar-refractivity contribution in [3.05, 3.63) is 84.4 Å². The largest absolute Gasteiger partial charge is 0.497 e. The summed E-state index contributed by atoms with van der Waals surface area (Å²) in [5.74, 6) is 0.196. The first kappa shape index (κ1) is 31.5. The molecule has 220 valence electrons. The van der Waals surface area contributed by atoms with Crippen LogP contribution in [0.2, 0.25) is 0 Å². The van der Waals surface area contributed by atoms with Crippen LogP contribution in [0.1, 0.15) is 26.3 Å². The van der Waals surface area contributed by atoms with Crippen LogP contribution >= 0.6 is 0 Å². The van der Waals surface area contributed by atoms with Crippen LogP contribution in [0.15, 0.2) is 83.8 Å². The molecule has 0 unspecified atom stereocenters. The molecule has 0 aromatic heterocycles. The van der Waals surface area contributed by atoms with Crippen molar-refractivity contribution in [1.29, 1.82) is 0 Å². The Labute approximate surface area is 243 Å². The van der Waals surface area contributed by atoms with Crippen LogP contribution in [-0.2, 0) is 26.0 Å². The van der Waals surface area contributed by atoms with E-state index in [2.05, 4.69) is 5.32 Å². The van der Waals surface area contributed by atoms with Crippen molar-refractivity contribution in [3.63, 3.8) is 0 Å². The Morgan fingerprint density at radius 3 is 2.10 bits per heavy atom. The number of hydrogen-bond donors (Lipinski definition) is 1. The Morgan fingerprint density at radius 2 is 1.49 bits per heavy atom. The Bertz CT molecular complexity index is 1390. The van der Waals surface area contributed by atoms with Crippen molar-refractivity contribution < 1.29 is 27.5 Å². The molecule has 0 saturated carbocycles. The van der Waals surface area contributed by atoms with E-state index in [9.17, 15) is 18.0 Å². The molecule has 3 aromatic carbocycles. The second-order valence-corrected chi connectivity index (χ2v) is 11.9. The van der Waals surface area contributed by atoms with Gasteiger partial charge in [0.25, 0.3) is 10.0 Å². The summed E-state index contributed by atoms with van der Waals surface area (Å²) in [6, 6.07) is 21.3. The molecule has 1 N–H and O–H groups in total. The second-order valence-electron chi connectivity index (χ2n) is 10.00. The van der Waals surface area contributed by atoms with E-state index in [0.29, 0.717) is 18.7 Å². The monoisotopic (exact) mass is 581 g/mol. The van der Waals surface area contributed by atoms with Gasteiger partial charge in [-0.3, -0.25) is 13.9 Å². The summed E-state index contributed by atoms with van der Waals surface area (Å²) in [5.41, 5.74) is 1.20. The number of anilines is 1. The van der Waals surface area contributed by atoms with E-state index >= 15 is 0 Å². The van der Waals surface area contributed by atoms with E-state index in [1.165, 1.54) is 31.3 Å². The third kappa shape index (κ3) is 8.23. The molecular weight excluding hydrogens is 542 g/mol. The average molecular weight is 582 g/mol. The first-order valence-corrected chi connectivity index (χ1v) is 14.9. The van der Waals surface area contributed by atoms with Gasteiger partial charge in [0.05, 0.1) is 24.8 Å². The molecule has 0 aliphatic heterocycles. The predicted molar refractivity (Wildman–Crippen MR) is 160 cm³/mol. The minimum absolute atomic E-state index is 0.0180. The van der Waals surface area contributed by atoms with Gasteiger partial charge in [-0.05, 0) is 61.2 Å². The Morgan fingerprint density at radius 1 is 0.854 bits per heavy atom. The van der Waals surface area contributed by atoms with Gasteiger partial charge in [0.2, 0.25) is 11.8 Å². The zero-order valence-electron chi connectivity index (χ0n) is 24.2. The van der Waals surface area contributed by atoms with Crippen molar-refractivity contribution in [3.8, 4) is 11.5 Å². The number of ether oxygens (including phenoxy) is 2. The molecule has 41 heavy (non-hydrogen) atoms. The molecule has 0 radical (unpaired) electrons. The highest BCUT2D eigenvalue weighted by Gasteiger charge is 2.33. The quantitative estimate of drug-likeness (QED) is 0.307. The standard InChI is InChI=1S/C31H39N3O6S/c1-23(2)21-32-31(36)24(3)33(20-19-25-11-7-6-8-12-25)30(35)22-34(28-13-9-10-14-29(28)40-5)41(37,38)27-17-15-26(39-4)16-18-27/h6-18,23-24H,19-22H2,1-5H3,(H,32,36)/t24-/m0/s1. The number of carbonyl (C=O) groups is 2. The first-order chi connectivity index (χ1) is 19.6. The minimum Gasteiger partial charge on any atom is -0.497 e. The fourth-order valence-corrected chi connectivity index (χ4v) is 5.67. The minimum atomic E-state index is -4.23. The number of hydrogen-bond acceptors (Lipinski definition) is 6. The van der Waals surface area contributed by atoms with Gasteiger partial charge in [0.15, 0.2) is 0 Å². The number of rotatable bonds is 14. The van der Waals surface area contributed by atoms with Crippen molar-refractivity contribution in [2.75, 3.05) is 38.2 Å². The van der Waals surface area contributed by atoms with Gasteiger partial charge in [0, 0.05) is 13.1 Å². The van der Waals surface area contributed by atoms with Crippen LogP contribution in [0.4, 0.5) is 5.69 Å². The summed E-state index contributed by atoms with van der Waals surface area (Å²) in [7, 11) is -1.30. The van der Waals surface area contributed by atoms with Crippen molar-refractivity contribution in [1.82, 2.24) is 10.2 Å². The lowest BCUT2D eigenvalue weighted by atomic mass is 10.1. The predicted octanol–water partition coefficient (Wildman–Crippen LogP) is 4.13. The van der Waals surface area contributed by atoms with Gasteiger partial charge in [0.1, 0.15) is 24.1 Å². The molecule has 9 nitrogen and oxygen atoms in total. The summed E-state index contributed by atoms with van der Waals surface area (Å²) < 4.78 is 39.7. The Hall–Kier alpha value is -4.05. The van der Waals surface area contributed by atoms with Crippen LogP contribution in [0.25, 0.3) is 0 Å². The number of nitrogens with one attached hydrogen (secondary N) is 1. The van der Waals surface area contributed by atoms with Crippen molar-refractivity contribution in [2.24, 2.45) is 5.92 Å². The van der Waals surface area contributed by atoms with Crippen LogP contribution in [0.5, 0.6) is 11.5 Å². The summed E-state index contributed by atoms with van der Waals surface area (Å²) in [4.78, 5) is 28.5. The van der Waals surface area contributed by atoms with Crippen molar-refractivity contribution in [2.45, 2.75) is 38.1 Å². The Balaban J connectivity index is 2.00. The molecule has 0 aliphatic carbocycles. The second kappa shape index (κ2) is 14.5. The van der Waals surface area contributed by atoms with Gasteiger partial charge in [-0.2, -0.15) is 0 Å². The maximum atomic E-state index is 14.0. The highest BCUT2D eigenvalue weighted by molar-refractivity contribution is 7.92. The van der Waals surface area contributed by atoms with E-state index < -0.39 is 28.5 Å². The summed E-state index contributed by atoms with van der Waals surface area (Å²) in [5, 5.41) is 2.89. The molecule has 0 aliphatic rings. The van der Waals surface area contributed by atoms with Gasteiger partial charge in [-0.25, -0.2) is 8.42 Å². The number of amides is 2. The summed E-state index contributed by atoms with van der Waals surface area (Å²) in [6.45, 7) is 5.77. The fourth-order valence-electron chi connectivity index (χ4n) is 4.25. The van der Waals surface area contributed by atoms with Gasteiger partial charge < -0.3 is 19.7 Å². The average Bonchev–Trinajstić information content (AvgIpc) is 2.99. The number of benzene rings is 3. The van der Waals surface area contributed by atoms with Crippen LogP contribution in [-0.4, -0.2) is 65.0 Å². The SMILES string of the molecule is COc1ccc(S(=O)(=O)N(CC(=O)N(CCc2ccccc2)[C@@H](C)C(=O)NCC(C)C)c2ccccc2OC)cc1. The van der Waals surface area contributed by atoms with E-state index in [0.717, 1.165) is 9.87 Å². The zero-order chi connectivity index (χ0) is 30.0. The van der Waals surface area contributed by atoms with Gasteiger partial charge in [-0.15, -0.1) is 0 Å². The fraction of sp³-hybridized carbons (Fsp3) is 0.355. The third-order valence-electron chi connectivity index (χ3n) is 6.62. The maximum Gasteiger partial charge on any atom is 0.264 e. The summed E-state index contributed by atoms with van der Waals surface area (Å²) in [6.07, 6.45) is 0.494. The van der Waals surface area contributed by atoms with Crippen LogP contribution in [0.3, 0.4) is 0 Å². The van der Waals surface area contributed by atoms with E-state index in [1.54, 1.807) is 43.3 Å². The lowest BCUT2D eigenvalue weighted by molar-refractivity contribution is -0.138. The molecule has 2 amide bonds. The lowest BCUT2D eigenvalue weighted by Gasteiger charge is -2.32. The number of methoxy groups -OCH3 is 2. The molecule has 3 aromatic rings. The molecular formula is C31H39N3O6S. The molecule has 0 heterocycles. The van der Waals surface area contributed by atoms with E-state index in [4.69, 9.17) is 9.47 Å². The van der Waals surface area contributed by atoms with Crippen molar-refractivity contribution >= 4 is 27.5 Å². The lowest BCUT2D eigenvalue weighted by Crippen LogP contribution is -2.52. The van der Waals surface area contributed by atoms with Gasteiger partial charge >= 0.3 is 0 Å². The molecule has 10 heteroatoms. The highest BCUT2D eigenvalue weighted by atomic mass is 32.2.